The van der Waals surface area contributed by atoms with Gasteiger partial charge in [0.15, 0.2) is 0 Å². The maximum Gasteiger partial charge on any atom is 0.285 e. The smallest absolute Gasteiger partial charge is 0.285 e. The molecule has 0 aliphatic heterocycles. The molecule has 0 radical (unpaired) electrons. The fraction of sp³-hybridized carbons (Fsp3) is 0.300. The molecule has 0 saturated carbocycles. The van der Waals surface area contributed by atoms with Crippen molar-refractivity contribution < 1.29 is 22.9 Å². The molecule has 9 heteroatoms. The van der Waals surface area contributed by atoms with E-state index in [9.17, 15) is 28.1 Å². The summed E-state index contributed by atoms with van der Waals surface area (Å²) in [6, 6.07) is 2.21. The third-order valence-electron chi connectivity index (χ3n) is 2.21. The molecular formula is C10H10F3N3O3. The summed E-state index contributed by atoms with van der Waals surface area (Å²) in [6.45, 7) is -2.03. The van der Waals surface area contributed by atoms with Crippen molar-refractivity contribution >= 4 is 11.6 Å². The van der Waals surface area contributed by atoms with Crippen molar-refractivity contribution in [2.45, 2.75) is 5.92 Å². The lowest BCUT2D eigenvalue weighted by atomic mass is 10.1. The zero-order valence-electron chi connectivity index (χ0n) is 9.53. The van der Waals surface area contributed by atoms with E-state index in [4.69, 9.17) is 5.73 Å². The average Bonchev–Trinajstić information content (AvgIpc) is 2.36. The monoisotopic (exact) mass is 277 g/mol. The van der Waals surface area contributed by atoms with Crippen LogP contribution in [0.1, 0.15) is 10.4 Å². The number of hydrogen-bond acceptors (Lipinski definition) is 4. The molecule has 0 atom stereocenters. The predicted molar refractivity (Wildman–Crippen MR) is 59.4 cm³/mol. The number of hydrogen-bond donors (Lipinski definition) is 2. The van der Waals surface area contributed by atoms with Crippen molar-refractivity contribution in [3.05, 3.63) is 39.7 Å². The second-order valence-corrected chi connectivity index (χ2v) is 3.66. The molecule has 0 aromatic heterocycles. The van der Waals surface area contributed by atoms with Crippen molar-refractivity contribution in [3.63, 3.8) is 0 Å². The Bertz CT molecular complexity index is 508. The van der Waals surface area contributed by atoms with E-state index in [1.165, 1.54) is 0 Å². The second kappa shape index (κ2) is 5.65. The lowest BCUT2D eigenvalue weighted by Crippen LogP contribution is -2.41. The summed E-state index contributed by atoms with van der Waals surface area (Å²) < 4.78 is 38.5. The van der Waals surface area contributed by atoms with Crippen LogP contribution in [0.25, 0.3) is 0 Å². The van der Waals surface area contributed by atoms with Gasteiger partial charge in [-0.1, -0.05) is 0 Å². The van der Waals surface area contributed by atoms with Gasteiger partial charge in [-0.25, -0.2) is 13.2 Å². The van der Waals surface area contributed by atoms with Crippen LogP contribution in [0.5, 0.6) is 0 Å². The first kappa shape index (κ1) is 14.9. The van der Waals surface area contributed by atoms with Crippen molar-refractivity contribution in [2.75, 3.05) is 13.1 Å². The highest BCUT2D eigenvalue weighted by atomic mass is 19.3. The number of halogens is 3. The summed E-state index contributed by atoms with van der Waals surface area (Å²) in [5, 5.41) is 12.4. The largest absolute Gasteiger partial charge is 0.346 e. The summed E-state index contributed by atoms with van der Waals surface area (Å²) in [5.74, 6) is -5.32. The molecule has 19 heavy (non-hydrogen) atoms. The molecular weight excluding hydrogens is 267 g/mol. The number of rotatable bonds is 5. The summed E-state index contributed by atoms with van der Waals surface area (Å²) in [6.07, 6.45) is 0. The molecule has 1 aromatic rings. The Labute approximate surface area is 105 Å². The molecule has 0 aliphatic carbocycles. The molecule has 6 nitrogen and oxygen atoms in total. The van der Waals surface area contributed by atoms with E-state index < -0.39 is 46.9 Å². The minimum absolute atomic E-state index is 0.501. The number of nitro groups is 1. The molecule has 104 valence electrons. The highest BCUT2D eigenvalue weighted by molar-refractivity contribution is 5.98. The fourth-order valence-corrected chi connectivity index (χ4v) is 1.22. The second-order valence-electron chi connectivity index (χ2n) is 3.66. The van der Waals surface area contributed by atoms with E-state index in [1.807, 2.05) is 5.32 Å². The Kier molecular flexibility index (Phi) is 4.43. The average molecular weight is 277 g/mol. The van der Waals surface area contributed by atoms with Crippen LogP contribution in [0.2, 0.25) is 0 Å². The molecule has 0 unspecified atom stereocenters. The van der Waals surface area contributed by atoms with Crippen LogP contribution >= 0.6 is 0 Å². The summed E-state index contributed by atoms with van der Waals surface area (Å²) >= 11 is 0. The van der Waals surface area contributed by atoms with Gasteiger partial charge in [-0.15, -0.1) is 0 Å². The number of carbonyl (C=O) groups is 1. The number of nitrogens with one attached hydrogen (secondary N) is 1. The Morgan fingerprint density at radius 1 is 1.47 bits per heavy atom. The van der Waals surface area contributed by atoms with Crippen molar-refractivity contribution in [1.29, 1.82) is 0 Å². The van der Waals surface area contributed by atoms with Gasteiger partial charge in [0.25, 0.3) is 17.5 Å². The number of nitro benzene ring substituents is 1. The normalized spacial score (nSPS) is 11.2. The van der Waals surface area contributed by atoms with Crippen LogP contribution in [0.4, 0.5) is 18.9 Å². The Hall–Kier alpha value is -2.16. The molecule has 3 N–H and O–H groups in total. The van der Waals surface area contributed by atoms with Gasteiger partial charge in [0.2, 0.25) is 0 Å². The minimum atomic E-state index is -3.32. The van der Waals surface area contributed by atoms with E-state index in [0.717, 1.165) is 12.1 Å². The van der Waals surface area contributed by atoms with E-state index in [2.05, 4.69) is 0 Å². The molecule has 0 fully saturated rings. The van der Waals surface area contributed by atoms with Gasteiger partial charge in [0.1, 0.15) is 11.4 Å². The zero-order chi connectivity index (χ0) is 14.6. The number of benzene rings is 1. The highest BCUT2D eigenvalue weighted by Crippen LogP contribution is 2.20. The van der Waals surface area contributed by atoms with E-state index in [0.29, 0.717) is 6.07 Å². The number of nitrogens with two attached hydrogens (primary N) is 1. The van der Waals surface area contributed by atoms with Crippen LogP contribution in [-0.4, -0.2) is 29.8 Å². The van der Waals surface area contributed by atoms with Crippen LogP contribution in [0, 0.1) is 15.9 Å². The maximum absolute atomic E-state index is 12.8. The van der Waals surface area contributed by atoms with Crippen LogP contribution < -0.4 is 11.1 Å². The van der Waals surface area contributed by atoms with Crippen LogP contribution in [0.15, 0.2) is 18.2 Å². The van der Waals surface area contributed by atoms with Crippen LogP contribution in [0.3, 0.4) is 0 Å². The molecule has 0 bridgehead atoms. The first-order valence-electron chi connectivity index (χ1n) is 5.07. The minimum Gasteiger partial charge on any atom is -0.346 e. The Morgan fingerprint density at radius 3 is 2.63 bits per heavy atom. The van der Waals surface area contributed by atoms with Gasteiger partial charge in [-0.2, -0.15) is 0 Å². The Balaban J connectivity index is 2.91. The molecule has 0 saturated heterocycles. The SMILES string of the molecule is NCC(F)(F)CNC(=O)c1ccc(F)cc1[N+](=O)[O-]. The van der Waals surface area contributed by atoms with Crippen molar-refractivity contribution in [2.24, 2.45) is 5.73 Å². The standard InChI is InChI=1S/C10H10F3N3O3/c11-6-1-2-7(8(3-6)16(18)19)9(17)15-5-10(12,13)4-14/h1-3H,4-5,14H2,(H,15,17). The quantitative estimate of drug-likeness (QED) is 0.621. The number of alkyl halides is 2. The van der Waals surface area contributed by atoms with Gasteiger partial charge in [0.05, 0.1) is 24.1 Å². The first-order chi connectivity index (χ1) is 8.76. The topological polar surface area (TPSA) is 98.3 Å². The van der Waals surface area contributed by atoms with E-state index >= 15 is 0 Å². The third kappa shape index (κ3) is 3.91. The lowest BCUT2D eigenvalue weighted by Gasteiger charge is -2.14. The maximum atomic E-state index is 12.8. The molecule has 0 spiro atoms. The fourth-order valence-electron chi connectivity index (χ4n) is 1.22. The predicted octanol–water partition coefficient (Wildman–Crippen LogP) is 1.06. The number of carbonyl (C=O) groups excluding carboxylic acids is 1. The molecule has 1 aromatic carbocycles. The number of amides is 1. The third-order valence-corrected chi connectivity index (χ3v) is 2.21. The van der Waals surface area contributed by atoms with Gasteiger partial charge in [-0.05, 0) is 12.1 Å². The van der Waals surface area contributed by atoms with Gasteiger partial charge in [-0.3, -0.25) is 14.9 Å². The van der Waals surface area contributed by atoms with Crippen molar-refractivity contribution in [3.8, 4) is 0 Å². The molecule has 0 aliphatic rings. The van der Waals surface area contributed by atoms with E-state index in [-0.39, 0.29) is 0 Å². The highest BCUT2D eigenvalue weighted by Gasteiger charge is 2.29. The number of nitrogens with zero attached hydrogens (tertiary/aromatic N) is 1. The lowest BCUT2D eigenvalue weighted by molar-refractivity contribution is -0.385. The first-order valence-corrected chi connectivity index (χ1v) is 5.07. The van der Waals surface area contributed by atoms with Gasteiger partial charge >= 0.3 is 0 Å². The molecule has 1 rings (SSSR count). The van der Waals surface area contributed by atoms with Gasteiger partial charge < -0.3 is 11.1 Å². The summed E-state index contributed by atoms with van der Waals surface area (Å²) in [4.78, 5) is 21.2. The van der Waals surface area contributed by atoms with Crippen molar-refractivity contribution in [1.82, 2.24) is 5.32 Å². The van der Waals surface area contributed by atoms with E-state index in [1.54, 1.807) is 0 Å². The summed E-state index contributed by atoms with van der Waals surface area (Å²) in [7, 11) is 0. The molecule has 1 amide bonds. The Morgan fingerprint density at radius 2 is 2.11 bits per heavy atom. The van der Waals surface area contributed by atoms with Crippen LogP contribution in [-0.2, 0) is 0 Å². The summed E-state index contributed by atoms with van der Waals surface area (Å²) in [5.41, 5.74) is 3.47. The van der Waals surface area contributed by atoms with Gasteiger partial charge in [0, 0.05) is 0 Å². The molecule has 0 heterocycles. The zero-order valence-corrected chi connectivity index (χ0v) is 9.53.